The van der Waals surface area contributed by atoms with Gasteiger partial charge in [0, 0.05) is 37.8 Å². The molecule has 0 radical (unpaired) electrons. The van der Waals surface area contributed by atoms with Crippen LogP contribution in [0.3, 0.4) is 0 Å². The van der Waals surface area contributed by atoms with E-state index in [1.165, 1.54) is 12.8 Å². The second kappa shape index (κ2) is 7.46. The largest absolute Gasteiger partial charge is 0.396 e. The average molecular weight is 257 g/mol. The van der Waals surface area contributed by atoms with E-state index in [4.69, 9.17) is 5.11 Å². The number of nitrogens with zero attached hydrogens (tertiary/aromatic N) is 1. The molecule has 1 fully saturated rings. The van der Waals surface area contributed by atoms with E-state index in [1.54, 1.807) is 0 Å². The quantitative estimate of drug-likeness (QED) is 0.735. The molecular formula is C15H31NO2. The van der Waals surface area contributed by atoms with Gasteiger partial charge in [-0.3, -0.25) is 0 Å². The van der Waals surface area contributed by atoms with E-state index >= 15 is 0 Å². The van der Waals surface area contributed by atoms with Gasteiger partial charge >= 0.3 is 0 Å². The van der Waals surface area contributed by atoms with Gasteiger partial charge < -0.3 is 15.1 Å². The Balaban J connectivity index is 2.62. The lowest BCUT2D eigenvalue weighted by atomic mass is 9.70. The summed E-state index contributed by atoms with van der Waals surface area (Å²) in [5, 5.41) is 18.8. The summed E-state index contributed by atoms with van der Waals surface area (Å²) in [6.45, 7) is 9.18. The van der Waals surface area contributed by atoms with Gasteiger partial charge in [-0.05, 0) is 39.0 Å². The maximum absolute atomic E-state index is 9.84. The zero-order valence-corrected chi connectivity index (χ0v) is 12.4. The highest BCUT2D eigenvalue weighted by atomic mass is 16.3. The third-order valence-electron chi connectivity index (χ3n) is 4.39. The van der Waals surface area contributed by atoms with E-state index in [9.17, 15) is 5.11 Å². The van der Waals surface area contributed by atoms with Crippen LogP contribution in [0.5, 0.6) is 0 Å². The second-order valence-corrected chi connectivity index (χ2v) is 6.50. The highest BCUT2D eigenvalue weighted by Gasteiger charge is 2.36. The predicted octanol–water partition coefficient (Wildman–Crippen LogP) is 2.27. The van der Waals surface area contributed by atoms with Gasteiger partial charge in [0.1, 0.15) is 0 Å². The Morgan fingerprint density at radius 1 is 1.33 bits per heavy atom. The number of aliphatic hydroxyl groups excluding tert-OH is 2. The molecule has 0 aliphatic heterocycles. The molecule has 0 aromatic rings. The third-order valence-corrected chi connectivity index (χ3v) is 4.39. The Bertz CT molecular complexity index is 233. The highest BCUT2D eigenvalue weighted by Crippen LogP contribution is 2.39. The second-order valence-electron chi connectivity index (χ2n) is 6.50. The first-order chi connectivity index (χ1) is 8.53. The zero-order valence-electron chi connectivity index (χ0n) is 12.4. The van der Waals surface area contributed by atoms with Crippen molar-refractivity contribution in [2.24, 2.45) is 11.3 Å². The van der Waals surface area contributed by atoms with E-state index in [-0.39, 0.29) is 12.0 Å². The summed E-state index contributed by atoms with van der Waals surface area (Å²) in [6, 6.07) is 0.484. The van der Waals surface area contributed by atoms with Crippen molar-refractivity contribution < 1.29 is 10.2 Å². The SMILES string of the molecule is CC1CCCC(CO)(CN(CCCO)C(C)C)C1. The number of aliphatic hydroxyl groups is 2. The fraction of sp³-hybridized carbons (Fsp3) is 1.00. The van der Waals surface area contributed by atoms with Gasteiger partial charge in [0.2, 0.25) is 0 Å². The van der Waals surface area contributed by atoms with Crippen molar-refractivity contribution in [2.45, 2.75) is 58.9 Å². The van der Waals surface area contributed by atoms with E-state index < -0.39 is 0 Å². The molecule has 0 aromatic heterocycles. The summed E-state index contributed by atoms with van der Waals surface area (Å²) in [5.74, 6) is 0.734. The Morgan fingerprint density at radius 2 is 2.06 bits per heavy atom. The van der Waals surface area contributed by atoms with Crippen molar-refractivity contribution >= 4 is 0 Å². The molecule has 2 unspecified atom stereocenters. The molecule has 0 heterocycles. The number of hydrogen-bond donors (Lipinski definition) is 2. The lowest BCUT2D eigenvalue weighted by Gasteiger charge is -2.43. The standard InChI is InChI=1S/C15H31NO2/c1-13(2)16(8-5-9-17)11-15(12-18)7-4-6-14(3)10-15/h13-14,17-18H,4-12H2,1-3H3. The van der Waals surface area contributed by atoms with Crippen LogP contribution in [0.25, 0.3) is 0 Å². The smallest absolute Gasteiger partial charge is 0.0499 e. The van der Waals surface area contributed by atoms with E-state index in [0.29, 0.717) is 12.6 Å². The molecule has 2 N–H and O–H groups in total. The van der Waals surface area contributed by atoms with Crippen molar-refractivity contribution in [2.75, 3.05) is 26.3 Å². The van der Waals surface area contributed by atoms with Gasteiger partial charge in [-0.1, -0.05) is 19.8 Å². The van der Waals surface area contributed by atoms with Gasteiger partial charge in [-0.2, -0.15) is 0 Å². The molecule has 0 aromatic carbocycles. The molecule has 3 heteroatoms. The molecule has 1 aliphatic carbocycles. The molecule has 2 atom stereocenters. The Kier molecular flexibility index (Phi) is 6.61. The molecule has 1 rings (SSSR count). The Morgan fingerprint density at radius 3 is 2.56 bits per heavy atom. The van der Waals surface area contributed by atoms with Gasteiger partial charge in [-0.15, -0.1) is 0 Å². The minimum absolute atomic E-state index is 0.0946. The first-order valence-electron chi connectivity index (χ1n) is 7.49. The van der Waals surface area contributed by atoms with E-state index in [2.05, 4.69) is 25.7 Å². The van der Waals surface area contributed by atoms with Gasteiger partial charge in [0.05, 0.1) is 0 Å². The molecule has 0 amide bonds. The highest BCUT2D eigenvalue weighted by molar-refractivity contribution is 4.88. The van der Waals surface area contributed by atoms with Crippen LogP contribution in [0.2, 0.25) is 0 Å². The molecule has 3 nitrogen and oxygen atoms in total. The monoisotopic (exact) mass is 257 g/mol. The van der Waals surface area contributed by atoms with Crippen LogP contribution in [0.4, 0.5) is 0 Å². The van der Waals surface area contributed by atoms with E-state index in [1.807, 2.05) is 0 Å². The average Bonchev–Trinajstić information content (AvgIpc) is 2.34. The predicted molar refractivity (Wildman–Crippen MR) is 75.6 cm³/mol. The summed E-state index contributed by atoms with van der Waals surface area (Å²) in [7, 11) is 0. The molecule has 1 saturated carbocycles. The zero-order chi connectivity index (χ0) is 13.6. The van der Waals surface area contributed by atoms with Crippen LogP contribution >= 0.6 is 0 Å². The number of rotatable bonds is 7. The van der Waals surface area contributed by atoms with Crippen LogP contribution in [0, 0.1) is 11.3 Å². The summed E-state index contributed by atoms with van der Waals surface area (Å²) in [5.41, 5.74) is 0.0946. The van der Waals surface area contributed by atoms with Crippen molar-refractivity contribution in [1.29, 1.82) is 0 Å². The van der Waals surface area contributed by atoms with Gasteiger partial charge in [0.25, 0.3) is 0 Å². The van der Waals surface area contributed by atoms with Crippen LogP contribution in [-0.2, 0) is 0 Å². The summed E-state index contributed by atoms with van der Waals surface area (Å²) < 4.78 is 0. The Hall–Kier alpha value is -0.120. The molecule has 1 aliphatic rings. The molecular weight excluding hydrogens is 226 g/mol. The minimum atomic E-state index is 0.0946. The van der Waals surface area contributed by atoms with Crippen molar-refractivity contribution in [3.8, 4) is 0 Å². The number of hydrogen-bond acceptors (Lipinski definition) is 3. The van der Waals surface area contributed by atoms with Crippen molar-refractivity contribution in [3.05, 3.63) is 0 Å². The fourth-order valence-electron chi connectivity index (χ4n) is 3.33. The third kappa shape index (κ3) is 4.52. The molecule has 0 saturated heterocycles. The maximum atomic E-state index is 9.84. The lowest BCUT2D eigenvalue weighted by molar-refractivity contribution is 0.0133. The van der Waals surface area contributed by atoms with Crippen molar-refractivity contribution in [3.63, 3.8) is 0 Å². The topological polar surface area (TPSA) is 43.7 Å². The first-order valence-corrected chi connectivity index (χ1v) is 7.49. The fourth-order valence-corrected chi connectivity index (χ4v) is 3.33. The van der Waals surface area contributed by atoms with Gasteiger partial charge in [0.15, 0.2) is 0 Å². The lowest BCUT2D eigenvalue weighted by Crippen LogP contribution is -2.46. The molecule has 18 heavy (non-hydrogen) atoms. The minimum Gasteiger partial charge on any atom is -0.396 e. The van der Waals surface area contributed by atoms with Crippen LogP contribution in [0.1, 0.15) is 52.9 Å². The van der Waals surface area contributed by atoms with Crippen molar-refractivity contribution in [1.82, 2.24) is 4.90 Å². The Labute approximate surface area is 112 Å². The maximum Gasteiger partial charge on any atom is 0.0499 e. The van der Waals surface area contributed by atoms with Crippen LogP contribution in [-0.4, -0.2) is 47.5 Å². The first kappa shape index (κ1) is 15.9. The summed E-state index contributed by atoms with van der Waals surface area (Å²) in [6.07, 6.45) is 5.67. The van der Waals surface area contributed by atoms with E-state index in [0.717, 1.165) is 38.3 Å². The molecule has 0 spiro atoms. The van der Waals surface area contributed by atoms with Crippen LogP contribution in [0.15, 0.2) is 0 Å². The summed E-state index contributed by atoms with van der Waals surface area (Å²) in [4.78, 5) is 2.42. The normalized spacial score (nSPS) is 29.2. The summed E-state index contributed by atoms with van der Waals surface area (Å²) >= 11 is 0. The van der Waals surface area contributed by atoms with Crippen LogP contribution < -0.4 is 0 Å². The van der Waals surface area contributed by atoms with Gasteiger partial charge in [-0.25, -0.2) is 0 Å². The molecule has 108 valence electrons. The molecule has 0 bridgehead atoms.